The van der Waals surface area contributed by atoms with Crippen LogP contribution in [0.3, 0.4) is 0 Å². The van der Waals surface area contributed by atoms with Gasteiger partial charge in [-0.15, -0.1) is 11.8 Å². The first-order valence-corrected chi connectivity index (χ1v) is 13.0. The summed E-state index contributed by atoms with van der Waals surface area (Å²) in [6.07, 6.45) is 7.11. The van der Waals surface area contributed by atoms with Crippen LogP contribution < -0.4 is 0 Å². The molecular weight excluding hydrogens is 416 g/mol. The van der Waals surface area contributed by atoms with E-state index in [1.165, 1.54) is 21.7 Å². The molecule has 0 unspecified atom stereocenters. The van der Waals surface area contributed by atoms with Gasteiger partial charge in [-0.05, 0) is 55.0 Å². The summed E-state index contributed by atoms with van der Waals surface area (Å²) in [6, 6.07) is 14.5. The number of nitrogens with zero attached hydrogens (tertiary/aromatic N) is 2. The molecule has 0 N–H and O–H groups in total. The lowest BCUT2D eigenvalue weighted by atomic mass is 9.96. The molecule has 0 spiro atoms. The van der Waals surface area contributed by atoms with Crippen LogP contribution in [0.2, 0.25) is 0 Å². The van der Waals surface area contributed by atoms with E-state index in [4.69, 9.17) is 0 Å². The number of thioether (sulfide) groups is 1. The molecule has 3 rings (SSSR count). The largest absolute Gasteiger partial charge is 0.337 e. The summed E-state index contributed by atoms with van der Waals surface area (Å²) >= 11 is 1.67. The summed E-state index contributed by atoms with van der Waals surface area (Å²) in [4.78, 5) is 15.9. The lowest BCUT2D eigenvalue weighted by Crippen LogP contribution is -2.38. The first-order chi connectivity index (χ1) is 14.3. The Morgan fingerprint density at radius 3 is 2.33 bits per heavy atom. The van der Waals surface area contributed by atoms with E-state index in [2.05, 4.69) is 0 Å². The van der Waals surface area contributed by atoms with Crippen molar-refractivity contribution in [3.63, 3.8) is 0 Å². The summed E-state index contributed by atoms with van der Waals surface area (Å²) in [6.45, 7) is 0.465. The fraction of sp³-hybridized carbons (Fsp3) is 0.435. The van der Waals surface area contributed by atoms with Gasteiger partial charge in [0.15, 0.2) is 0 Å². The van der Waals surface area contributed by atoms with Gasteiger partial charge in [-0.3, -0.25) is 4.79 Å². The molecule has 0 saturated heterocycles. The van der Waals surface area contributed by atoms with Crippen LogP contribution in [0.5, 0.6) is 0 Å². The normalized spacial score (nSPS) is 15.3. The third kappa shape index (κ3) is 5.25. The van der Waals surface area contributed by atoms with Gasteiger partial charge < -0.3 is 4.90 Å². The highest BCUT2D eigenvalue weighted by molar-refractivity contribution is 7.98. The minimum Gasteiger partial charge on any atom is -0.337 e. The summed E-state index contributed by atoms with van der Waals surface area (Å²) < 4.78 is 27.7. The van der Waals surface area contributed by atoms with Crippen molar-refractivity contribution in [2.45, 2.75) is 54.5 Å². The van der Waals surface area contributed by atoms with Crippen LogP contribution in [-0.2, 0) is 16.6 Å². The van der Waals surface area contributed by atoms with Crippen molar-refractivity contribution in [3.8, 4) is 0 Å². The van der Waals surface area contributed by atoms with Crippen molar-refractivity contribution in [3.05, 3.63) is 59.7 Å². The van der Waals surface area contributed by atoms with E-state index >= 15 is 0 Å². The summed E-state index contributed by atoms with van der Waals surface area (Å²) in [5, 5.41) is 0. The fourth-order valence-corrected chi connectivity index (χ4v) is 5.76. The van der Waals surface area contributed by atoms with E-state index in [1.54, 1.807) is 49.0 Å². The minimum atomic E-state index is -3.63. The molecular formula is C23H30N2O3S2. The molecule has 0 aromatic heterocycles. The second-order valence-electron chi connectivity index (χ2n) is 7.85. The Hall–Kier alpha value is -1.83. The number of rotatable bonds is 7. The summed E-state index contributed by atoms with van der Waals surface area (Å²) in [5.74, 6) is -0.193. The van der Waals surface area contributed by atoms with Gasteiger partial charge in [-0.2, -0.15) is 4.31 Å². The zero-order valence-electron chi connectivity index (χ0n) is 17.9. The van der Waals surface area contributed by atoms with E-state index in [-0.39, 0.29) is 16.8 Å². The maximum absolute atomic E-state index is 13.1. The van der Waals surface area contributed by atoms with Gasteiger partial charge in [0.1, 0.15) is 0 Å². The Morgan fingerprint density at radius 1 is 1.03 bits per heavy atom. The highest BCUT2D eigenvalue weighted by atomic mass is 32.2. The van der Waals surface area contributed by atoms with Crippen LogP contribution in [-0.4, -0.2) is 49.9 Å². The van der Waals surface area contributed by atoms with E-state index < -0.39 is 10.0 Å². The standard InChI is InChI=1S/C23H30N2O3S2/c1-24(17-18-12-14-21(29-3)15-13-18)23(26)19-8-7-11-22(16-19)30(27,28)25(2)20-9-5-4-6-10-20/h7-8,11-16,20H,4-6,9-10,17H2,1-3H3. The van der Waals surface area contributed by atoms with Gasteiger partial charge in [0.25, 0.3) is 5.91 Å². The lowest BCUT2D eigenvalue weighted by molar-refractivity contribution is 0.0785. The minimum absolute atomic E-state index is 0.0371. The monoisotopic (exact) mass is 446 g/mol. The quantitative estimate of drug-likeness (QED) is 0.582. The van der Waals surface area contributed by atoms with Crippen molar-refractivity contribution in [2.24, 2.45) is 0 Å². The highest BCUT2D eigenvalue weighted by Gasteiger charge is 2.29. The molecule has 0 bridgehead atoms. The van der Waals surface area contributed by atoms with Crippen molar-refractivity contribution < 1.29 is 13.2 Å². The molecule has 162 valence electrons. The topological polar surface area (TPSA) is 57.7 Å². The molecule has 0 aliphatic heterocycles. The number of amides is 1. The molecule has 0 radical (unpaired) electrons. The average molecular weight is 447 g/mol. The molecule has 2 aromatic rings. The van der Waals surface area contributed by atoms with E-state index in [9.17, 15) is 13.2 Å². The molecule has 30 heavy (non-hydrogen) atoms. The van der Waals surface area contributed by atoms with Gasteiger partial charge in [0.05, 0.1) is 4.90 Å². The Labute approximate surface area is 184 Å². The highest BCUT2D eigenvalue weighted by Crippen LogP contribution is 2.27. The van der Waals surface area contributed by atoms with Gasteiger partial charge in [0, 0.05) is 37.1 Å². The van der Waals surface area contributed by atoms with Crippen LogP contribution >= 0.6 is 11.8 Å². The molecule has 2 aromatic carbocycles. The van der Waals surface area contributed by atoms with Crippen molar-refractivity contribution >= 4 is 27.7 Å². The lowest BCUT2D eigenvalue weighted by Gasteiger charge is -2.30. The van der Waals surface area contributed by atoms with Crippen molar-refractivity contribution in [1.29, 1.82) is 0 Å². The molecule has 1 amide bonds. The predicted molar refractivity (Wildman–Crippen MR) is 122 cm³/mol. The second-order valence-corrected chi connectivity index (χ2v) is 10.7. The number of sulfonamides is 1. The zero-order valence-corrected chi connectivity index (χ0v) is 19.5. The van der Waals surface area contributed by atoms with Crippen LogP contribution in [0.4, 0.5) is 0 Å². The van der Waals surface area contributed by atoms with Gasteiger partial charge in [0.2, 0.25) is 10.0 Å². The van der Waals surface area contributed by atoms with Gasteiger partial charge in [-0.25, -0.2) is 8.42 Å². The van der Waals surface area contributed by atoms with Crippen LogP contribution in [0.15, 0.2) is 58.3 Å². The molecule has 7 heteroatoms. The molecule has 0 atom stereocenters. The molecule has 1 aliphatic rings. The fourth-order valence-electron chi connectivity index (χ4n) is 3.89. The zero-order chi connectivity index (χ0) is 21.7. The summed E-state index contributed by atoms with van der Waals surface area (Å²) in [5.41, 5.74) is 1.42. The summed E-state index contributed by atoms with van der Waals surface area (Å²) in [7, 11) is -0.233. The first kappa shape index (κ1) is 22.8. The number of hydrogen-bond acceptors (Lipinski definition) is 4. The predicted octanol–water partition coefficient (Wildman–Crippen LogP) is 4.63. The molecule has 1 aliphatic carbocycles. The second kappa shape index (κ2) is 9.98. The van der Waals surface area contributed by atoms with E-state index in [0.717, 1.165) is 31.2 Å². The SMILES string of the molecule is CSc1ccc(CN(C)C(=O)c2cccc(S(=O)(=O)N(C)C3CCCCC3)c2)cc1. The molecule has 1 saturated carbocycles. The first-order valence-electron chi connectivity index (χ1n) is 10.3. The van der Waals surface area contributed by atoms with Crippen LogP contribution in [0.25, 0.3) is 0 Å². The smallest absolute Gasteiger partial charge is 0.253 e. The number of hydrogen-bond donors (Lipinski definition) is 0. The van der Waals surface area contributed by atoms with Crippen LogP contribution in [0, 0.1) is 0 Å². The van der Waals surface area contributed by atoms with Crippen molar-refractivity contribution in [2.75, 3.05) is 20.4 Å². The number of carbonyl (C=O) groups is 1. The molecule has 5 nitrogen and oxygen atoms in total. The third-order valence-electron chi connectivity index (χ3n) is 5.77. The Kier molecular flexibility index (Phi) is 7.60. The Morgan fingerprint density at radius 2 is 1.70 bits per heavy atom. The maximum atomic E-state index is 13.1. The van der Waals surface area contributed by atoms with Gasteiger partial charge >= 0.3 is 0 Å². The van der Waals surface area contributed by atoms with E-state index in [1.807, 2.05) is 30.5 Å². The Bertz CT molecular complexity index is 968. The van der Waals surface area contributed by atoms with E-state index in [0.29, 0.717) is 12.1 Å². The van der Waals surface area contributed by atoms with Crippen molar-refractivity contribution in [1.82, 2.24) is 9.21 Å². The Balaban J connectivity index is 1.75. The third-order valence-corrected chi connectivity index (χ3v) is 8.42. The molecule has 1 fully saturated rings. The maximum Gasteiger partial charge on any atom is 0.253 e. The van der Waals surface area contributed by atoms with Crippen LogP contribution in [0.1, 0.15) is 48.0 Å². The molecule has 0 heterocycles. The average Bonchev–Trinajstić information content (AvgIpc) is 2.79. The number of benzene rings is 2. The van der Waals surface area contributed by atoms with Gasteiger partial charge in [-0.1, -0.05) is 37.5 Å². The number of carbonyl (C=O) groups excluding carboxylic acids is 1.